The summed E-state index contributed by atoms with van der Waals surface area (Å²) in [4.78, 5) is 31.5. The molecule has 0 aliphatic carbocycles. The molecule has 0 N–H and O–H groups in total. The summed E-state index contributed by atoms with van der Waals surface area (Å²) in [6.07, 6.45) is 0.629. The van der Waals surface area contributed by atoms with Crippen LogP contribution in [0.1, 0.15) is 18.9 Å². The SMILES string of the molecule is CCOC(=O)Cc1ccc2c(c1)N(C(=O)CCN1CCOCC1)c1ccccc1S2. The molecule has 1 amide bonds. The van der Waals surface area contributed by atoms with Crippen LogP contribution in [0.5, 0.6) is 0 Å². The summed E-state index contributed by atoms with van der Waals surface area (Å²) in [6, 6.07) is 13.8. The van der Waals surface area contributed by atoms with Crippen molar-refractivity contribution in [1.29, 1.82) is 0 Å². The summed E-state index contributed by atoms with van der Waals surface area (Å²) < 4.78 is 10.5. The van der Waals surface area contributed by atoms with Crippen LogP contribution in [0.25, 0.3) is 0 Å². The average molecular weight is 427 g/mol. The highest BCUT2D eigenvalue weighted by Crippen LogP contribution is 2.48. The van der Waals surface area contributed by atoms with E-state index < -0.39 is 0 Å². The summed E-state index contributed by atoms with van der Waals surface area (Å²) in [7, 11) is 0. The number of para-hydroxylation sites is 1. The van der Waals surface area contributed by atoms with Gasteiger partial charge in [0.25, 0.3) is 0 Å². The van der Waals surface area contributed by atoms with E-state index in [1.54, 1.807) is 18.7 Å². The number of hydrogen-bond donors (Lipinski definition) is 0. The molecule has 4 rings (SSSR count). The molecular weight excluding hydrogens is 400 g/mol. The average Bonchev–Trinajstić information content (AvgIpc) is 2.77. The Balaban J connectivity index is 1.59. The van der Waals surface area contributed by atoms with Crippen molar-refractivity contribution in [2.24, 2.45) is 0 Å². The van der Waals surface area contributed by atoms with Crippen molar-refractivity contribution in [3.05, 3.63) is 48.0 Å². The third-order valence-corrected chi connectivity index (χ3v) is 6.37. The largest absolute Gasteiger partial charge is 0.466 e. The first-order chi connectivity index (χ1) is 14.7. The second-order valence-electron chi connectivity index (χ2n) is 7.29. The minimum Gasteiger partial charge on any atom is -0.466 e. The molecule has 7 heteroatoms. The second kappa shape index (κ2) is 9.64. The van der Waals surface area contributed by atoms with Crippen LogP contribution in [-0.4, -0.2) is 56.2 Å². The van der Waals surface area contributed by atoms with Crippen molar-refractivity contribution in [3.63, 3.8) is 0 Å². The summed E-state index contributed by atoms with van der Waals surface area (Å²) in [5.41, 5.74) is 2.58. The van der Waals surface area contributed by atoms with Gasteiger partial charge in [-0.05, 0) is 36.8 Å². The van der Waals surface area contributed by atoms with E-state index in [-0.39, 0.29) is 18.3 Å². The molecule has 2 aromatic carbocycles. The molecule has 0 saturated carbocycles. The van der Waals surface area contributed by atoms with Crippen LogP contribution in [0.3, 0.4) is 0 Å². The maximum Gasteiger partial charge on any atom is 0.310 e. The van der Waals surface area contributed by atoms with Crippen LogP contribution in [0.4, 0.5) is 11.4 Å². The topological polar surface area (TPSA) is 59.1 Å². The van der Waals surface area contributed by atoms with Crippen molar-refractivity contribution < 1.29 is 19.1 Å². The number of carbonyl (C=O) groups is 2. The monoisotopic (exact) mass is 426 g/mol. The van der Waals surface area contributed by atoms with Crippen LogP contribution >= 0.6 is 11.8 Å². The molecule has 1 fully saturated rings. The van der Waals surface area contributed by atoms with Gasteiger partial charge in [-0.3, -0.25) is 19.4 Å². The number of hydrogen-bond acceptors (Lipinski definition) is 6. The summed E-state index contributed by atoms with van der Waals surface area (Å²) in [6.45, 7) is 6.03. The number of ether oxygens (including phenoxy) is 2. The number of anilines is 2. The molecule has 2 aliphatic heterocycles. The molecule has 0 aromatic heterocycles. The Bertz CT molecular complexity index is 927. The van der Waals surface area contributed by atoms with E-state index in [2.05, 4.69) is 4.90 Å². The fraction of sp³-hybridized carbons (Fsp3) is 0.391. The Morgan fingerprint density at radius 1 is 1.07 bits per heavy atom. The van der Waals surface area contributed by atoms with E-state index in [9.17, 15) is 9.59 Å². The molecule has 30 heavy (non-hydrogen) atoms. The minimum atomic E-state index is -0.258. The maximum atomic E-state index is 13.4. The number of rotatable bonds is 6. The van der Waals surface area contributed by atoms with Crippen LogP contribution in [0.2, 0.25) is 0 Å². The molecule has 0 radical (unpaired) electrons. The lowest BCUT2D eigenvalue weighted by molar-refractivity contribution is -0.142. The molecule has 2 aromatic rings. The van der Waals surface area contributed by atoms with Crippen LogP contribution in [0.15, 0.2) is 52.3 Å². The Hall–Kier alpha value is -2.35. The fourth-order valence-corrected chi connectivity index (χ4v) is 4.79. The van der Waals surface area contributed by atoms with E-state index in [1.165, 1.54) is 0 Å². The van der Waals surface area contributed by atoms with Crippen molar-refractivity contribution >= 4 is 35.0 Å². The lowest BCUT2D eigenvalue weighted by Crippen LogP contribution is -2.39. The van der Waals surface area contributed by atoms with Crippen molar-refractivity contribution in [3.8, 4) is 0 Å². The Morgan fingerprint density at radius 2 is 1.83 bits per heavy atom. The van der Waals surface area contributed by atoms with Crippen LogP contribution < -0.4 is 4.90 Å². The maximum absolute atomic E-state index is 13.4. The van der Waals surface area contributed by atoms with Crippen molar-refractivity contribution in [2.75, 3.05) is 44.4 Å². The molecule has 2 aliphatic rings. The van der Waals surface area contributed by atoms with Crippen molar-refractivity contribution in [2.45, 2.75) is 29.6 Å². The summed E-state index contributed by atoms with van der Waals surface area (Å²) in [5, 5.41) is 0. The first kappa shape index (κ1) is 20.9. The van der Waals surface area contributed by atoms with E-state index in [0.717, 1.165) is 53.0 Å². The third kappa shape index (κ3) is 4.69. The Kier molecular flexibility index (Phi) is 6.72. The number of fused-ring (bicyclic) bond motifs is 2. The minimum absolute atomic E-state index is 0.0591. The summed E-state index contributed by atoms with van der Waals surface area (Å²) >= 11 is 1.65. The first-order valence-corrected chi connectivity index (χ1v) is 11.2. The molecule has 2 heterocycles. The van der Waals surface area contributed by atoms with Gasteiger partial charge >= 0.3 is 5.97 Å². The van der Waals surface area contributed by atoms with E-state index in [1.807, 2.05) is 47.4 Å². The molecule has 6 nitrogen and oxygen atoms in total. The van der Waals surface area contributed by atoms with Gasteiger partial charge < -0.3 is 9.47 Å². The molecule has 158 valence electrons. The van der Waals surface area contributed by atoms with Gasteiger partial charge in [-0.15, -0.1) is 0 Å². The zero-order valence-electron chi connectivity index (χ0n) is 17.1. The Morgan fingerprint density at radius 3 is 2.63 bits per heavy atom. The lowest BCUT2D eigenvalue weighted by Gasteiger charge is -2.32. The lowest BCUT2D eigenvalue weighted by atomic mass is 10.1. The van der Waals surface area contributed by atoms with Gasteiger partial charge in [0.1, 0.15) is 0 Å². The second-order valence-corrected chi connectivity index (χ2v) is 8.37. The zero-order chi connectivity index (χ0) is 20.9. The number of benzene rings is 2. The Labute approximate surface area is 181 Å². The zero-order valence-corrected chi connectivity index (χ0v) is 18.0. The number of esters is 1. The number of nitrogens with zero attached hydrogens (tertiary/aromatic N) is 2. The molecule has 0 unspecified atom stereocenters. The van der Waals surface area contributed by atoms with Gasteiger partial charge in [0, 0.05) is 35.8 Å². The highest BCUT2D eigenvalue weighted by Gasteiger charge is 2.28. The molecule has 0 bridgehead atoms. The van der Waals surface area contributed by atoms with Crippen molar-refractivity contribution in [1.82, 2.24) is 4.90 Å². The predicted octanol–water partition coefficient (Wildman–Crippen LogP) is 3.64. The predicted molar refractivity (Wildman–Crippen MR) is 116 cm³/mol. The molecule has 0 atom stereocenters. The van der Waals surface area contributed by atoms with Gasteiger partial charge in [0.15, 0.2) is 0 Å². The van der Waals surface area contributed by atoms with Gasteiger partial charge in [-0.2, -0.15) is 0 Å². The molecular formula is C23H26N2O4S. The number of morpholine rings is 1. The van der Waals surface area contributed by atoms with Gasteiger partial charge in [0.05, 0.1) is 37.6 Å². The highest BCUT2D eigenvalue weighted by molar-refractivity contribution is 7.99. The summed E-state index contributed by atoms with van der Waals surface area (Å²) in [5.74, 6) is -0.199. The van der Waals surface area contributed by atoms with Gasteiger partial charge in [-0.25, -0.2) is 0 Å². The van der Waals surface area contributed by atoms with E-state index >= 15 is 0 Å². The van der Waals surface area contributed by atoms with Crippen LogP contribution in [-0.2, 0) is 25.5 Å². The smallest absolute Gasteiger partial charge is 0.310 e. The van der Waals surface area contributed by atoms with Crippen LogP contribution in [0, 0.1) is 0 Å². The standard InChI is InChI=1S/C23H26N2O4S/c1-2-29-23(27)16-17-7-8-21-19(15-17)25(18-5-3-4-6-20(18)30-21)22(26)9-10-24-11-13-28-14-12-24/h3-8,15H,2,9-14,16H2,1H3. The number of amides is 1. The van der Waals surface area contributed by atoms with E-state index in [4.69, 9.17) is 9.47 Å². The third-order valence-electron chi connectivity index (χ3n) is 5.24. The fourth-order valence-electron chi connectivity index (χ4n) is 3.75. The highest BCUT2D eigenvalue weighted by atomic mass is 32.2. The first-order valence-electron chi connectivity index (χ1n) is 10.3. The van der Waals surface area contributed by atoms with Gasteiger partial charge in [0.2, 0.25) is 5.91 Å². The molecule has 1 saturated heterocycles. The number of carbonyl (C=O) groups excluding carboxylic acids is 2. The molecule has 0 spiro atoms. The quantitative estimate of drug-likeness (QED) is 0.658. The normalized spacial score (nSPS) is 16.0. The van der Waals surface area contributed by atoms with E-state index in [0.29, 0.717) is 19.6 Å². The van der Waals surface area contributed by atoms with Gasteiger partial charge in [-0.1, -0.05) is 30.0 Å².